The van der Waals surface area contributed by atoms with Gasteiger partial charge in [-0.3, -0.25) is 4.79 Å². The van der Waals surface area contributed by atoms with Gasteiger partial charge in [0, 0.05) is 13.1 Å². The molecule has 0 aliphatic rings. The lowest BCUT2D eigenvalue weighted by molar-refractivity contribution is -0.129. The van der Waals surface area contributed by atoms with E-state index < -0.39 is 0 Å². The van der Waals surface area contributed by atoms with Gasteiger partial charge in [0.25, 0.3) is 0 Å². The summed E-state index contributed by atoms with van der Waals surface area (Å²) in [6.45, 7) is 5.34. The molecule has 0 fully saturated rings. The van der Waals surface area contributed by atoms with E-state index in [1.165, 1.54) is 12.1 Å². The summed E-state index contributed by atoms with van der Waals surface area (Å²) in [5.41, 5.74) is 0. The maximum Gasteiger partial charge on any atom is 0.236 e. The van der Waals surface area contributed by atoms with Gasteiger partial charge in [-0.1, -0.05) is 6.92 Å². The standard InChI is InChI=1S/C15H23FN2O2/c1-4-12(2)17-11-15(19)18(3)9-10-20-14-7-5-13(16)6-8-14/h5-8,12,17H,4,9-11H2,1-3H3. The number of likely N-dealkylation sites (N-methyl/N-ethyl adjacent to an activating group) is 1. The van der Waals surface area contributed by atoms with Crippen molar-refractivity contribution < 1.29 is 13.9 Å². The molecule has 0 spiro atoms. The fraction of sp³-hybridized carbons (Fsp3) is 0.533. The monoisotopic (exact) mass is 282 g/mol. The molecule has 1 aromatic carbocycles. The number of nitrogens with one attached hydrogen (secondary N) is 1. The highest BCUT2D eigenvalue weighted by molar-refractivity contribution is 5.77. The van der Waals surface area contributed by atoms with Crippen LogP contribution in [0.25, 0.3) is 0 Å². The van der Waals surface area contributed by atoms with E-state index in [1.807, 2.05) is 6.92 Å². The molecule has 112 valence electrons. The van der Waals surface area contributed by atoms with Gasteiger partial charge in [0.1, 0.15) is 18.2 Å². The molecular formula is C15H23FN2O2. The molecule has 20 heavy (non-hydrogen) atoms. The third kappa shape index (κ3) is 6.02. The average Bonchev–Trinajstić information content (AvgIpc) is 2.46. The Balaban J connectivity index is 2.23. The zero-order valence-corrected chi connectivity index (χ0v) is 12.4. The van der Waals surface area contributed by atoms with Crippen molar-refractivity contribution in [2.45, 2.75) is 26.3 Å². The third-order valence-electron chi connectivity index (χ3n) is 3.15. The van der Waals surface area contributed by atoms with Crippen LogP contribution in [-0.2, 0) is 4.79 Å². The normalized spacial score (nSPS) is 12.0. The Bertz CT molecular complexity index is 409. The van der Waals surface area contributed by atoms with Crippen molar-refractivity contribution in [2.75, 3.05) is 26.7 Å². The third-order valence-corrected chi connectivity index (χ3v) is 3.15. The first-order valence-electron chi connectivity index (χ1n) is 6.88. The minimum absolute atomic E-state index is 0.0352. The van der Waals surface area contributed by atoms with Crippen LogP contribution >= 0.6 is 0 Å². The summed E-state index contributed by atoms with van der Waals surface area (Å²) in [5, 5.41) is 3.15. The number of hydrogen-bond acceptors (Lipinski definition) is 3. The van der Waals surface area contributed by atoms with Crippen molar-refractivity contribution >= 4 is 5.91 Å². The number of rotatable bonds is 8. The number of nitrogens with zero attached hydrogens (tertiary/aromatic N) is 1. The van der Waals surface area contributed by atoms with E-state index in [1.54, 1.807) is 24.1 Å². The van der Waals surface area contributed by atoms with Crippen molar-refractivity contribution in [2.24, 2.45) is 0 Å². The van der Waals surface area contributed by atoms with Crippen LogP contribution in [0.4, 0.5) is 4.39 Å². The van der Waals surface area contributed by atoms with Gasteiger partial charge in [0.2, 0.25) is 5.91 Å². The molecule has 5 heteroatoms. The lowest BCUT2D eigenvalue weighted by atomic mass is 10.2. The lowest BCUT2D eigenvalue weighted by Gasteiger charge is -2.19. The first-order chi connectivity index (χ1) is 9.52. The van der Waals surface area contributed by atoms with Crippen LogP contribution in [0, 0.1) is 5.82 Å². The number of hydrogen-bond donors (Lipinski definition) is 1. The molecule has 1 amide bonds. The van der Waals surface area contributed by atoms with E-state index in [2.05, 4.69) is 12.2 Å². The van der Waals surface area contributed by atoms with E-state index in [0.717, 1.165) is 6.42 Å². The Labute approximate surface area is 119 Å². The van der Waals surface area contributed by atoms with Gasteiger partial charge >= 0.3 is 0 Å². The van der Waals surface area contributed by atoms with E-state index >= 15 is 0 Å². The van der Waals surface area contributed by atoms with Crippen molar-refractivity contribution in [3.05, 3.63) is 30.1 Å². The molecule has 0 saturated heterocycles. The Morgan fingerprint density at radius 1 is 1.40 bits per heavy atom. The van der Waals surface area contributed by atoms with Crippen LogP contribution in [0.2, 0.25) is 0 Å². The Hall–Kier alpha value is -1.62. The van der Waals surface area contributed by atoms with Gasteiger partial charge in [-0.2, -0.15) is 0 Å². The van der Waals surface area contributed by atoms with Gasteiger partial charge < -0.3 is 15.0 Å². The molecular weight excluding hydrogens is 259 g/mol. The second kappa shape index (κ2) is 8.53. The molecule has 1 unspecified atom stereocenters. The molecule has 0 radical (unpaired) electrons. The first kappa shape index (κ1) is 16.4. The molecule has 1 aromatic rings. The number of carbonyl (C=O) groups excluding carboxylic acids is 1. The maximum atomic E-state index is 12.7. The van der Waals surface area contributed by atoms with Crippen LogP contribution < -0.4 is 10.1 Å². The zero-order chi connectivity index (χ0) is 15.0. The fourth-order valence-electron chi connectivity index (χ4n) is 1.50. The molecule has 0 saturated carbocycles. The summed E-state index contributed by atoms with van der Waals surface area (Å²) in [6, 6.07) is 6.17. The van der Waals surface area contributed by atoms with Crippen molar-refractivity contribution in [1.29, 1.82) is 0 Å². The highest BCUT2D eigenvalue weighted by Crippen LogP contribution is 2.10. The van der Waals surface area contributed by atoms with Gasteiger partial charge in [-0.25, -0.2) is 4.39 Å². The SMILES string of the molecule is CCC(C)NCC(=O)N(C)CCOc1ccc(F)cc1. The van der Waals surface area contributed by atoms with E-state index in [0.29, 0.717) is 31.5 Å². The topological polar surface area (TPSA) is 41.6 Å². The maximum absolute atomic E-state index is 12.7. The minimum atomic E-state index is -0.291. The Morgan fingerprint density at radius 3 is 2.65 bits per heavy atom. The molecule has 4 nitrogen and oxygen atoms in total. The summed E-state index contributed by atoms with van der Waals surface area (Å²) < 4.78 is 18.2. The van der Waals surface area contributed by atoms with Crippen LogP contribution in [0.3, 0.4) is 0 Å². The van der Waals surface area contributed by atoms with Crippen LogP contribution in [0.1, 0.15) is 20.3 Å². The molecule has 1 N–H and O–H groups in total. The first-order valence-corrected chi connectivity index (χ1v) is 6.88. The van der Waals surface area contributed by atoms with E-state index in [9.17, 15) is 9.18 Å². The van der Waals surface area contributed by atoms with Crippen molar-refractivity contribution in [3.8, 4) is 5.75 Å². The highest BCUT2D eigenvalue weighted by Gasteiger charge is 2.09. The average molecular weight is 282 g/mol. The molecule has 0 aliphatic carbocycles. The van der Waals surface area contributed by atoms with E-state index in [-0.39, 0.29) is 11.7 Å². The predicted octanol–water partition coefficient (Wildman–Crippen LogP) is 2.05. The lowest BCUT2D eigenvalue weighted by Crippen LogP contribution is -2.40. The number of amides is 1. The number of benzene rings is 1. The molecule has 0 aromatic heterocycles. The number of halogens is 1. The zero-order valence-electron chi connectivity index (χ0n) is 12.4. The smallest absolute Gasteiger partial charge is 0.236 e. The molecule has 1 rings (SSSR count). The Morgan fingerprint density at radius 2 is 2.05 bits per heavy atom. The summed E-state index contributed by atoms with van der Waals surface area (Å²) in [4.78, 5) is 13.4. The van der Waals surface area contributed by atoms with Crippen LogP contribution in [0.15, 0.2) is 24.3 Å². The molecule has 0 heterocycles. The summed E-state index contributed by atoms with van der Waals surface area (Å²) in [7, 11) is 1.74. The van der Waals surface area contributed by atoms with Crippen molar-refractivity contribution in [3.63, 3.8) is 0 Å². The fourth-order valence-corrected chi connectivity index (χ4v) is 1.50. The van der Waals surface area contributed by atoms with Crippen LogP contribution in [-0.4, -0.2) is 43.6 Å². The van der Waals surface area contributed by atoms with E-state index in [4.69, 9.17) is 4.74 Å². The van der Waals surface area contributed by atoms with Crippen molar-refractivity contribution in [1.82, 2.24) is 10.2 Å². The number of carbonyl (C=O) groups is 1. The van der Waals surface area contributed by atoms with Gasteiger partial charge in [-0.15, -0.1) is 0 Å². The van der Waals surface area contributed by atoms with Gasteiger partial charge in [-0.05, 0) is 37.6 Å². The largest absolute Gasteiger partial charge is 0.492 e. The molecule has 0 aliphatic heterocycles. The Kier molecular flexibility index (Phi) is 7.01. The summed E-state index contributed by atoms with van der Waals surface area (Å²) in [6.07, 6.45) is 0.991. The summed E-state index contributed by atoms with van der Waals surface area (Å²) >= 11 is 0. The predicted molar refractivity (Wildman–Crippen MR) is 77.3 cm³/mol. The molecule has 0 bridgehead atoms. The number of ether oxygens (including phenoxy) is 1. The second-order valence-electron chi connectivity index (χ2n) is 4.81. The quantitative estimate of drug-likeness (QED) is 0.793. The minimum Gasteiger partial charge on any atom is -0.492 e. The highest BCUT2D eigenvalue weighted by atomic mass is 19.1. The van der Waals surface area contributed by atoms with Crippen LogP contribution in [0.5, 0.6) is 5.75 Å². The van der Waals surface area contributed by atoms with Gasteiger partial charge in [0.05, 0.1) is 13.1 Å². The van der Waals surface area contributed by atoms with Gasteiger partial charge in [0.15, 0.2) is 0 Å². The molecule has 1 atom stereocenters. The second-order valence-corrected chi connectivity index (χ2v) is 4.81. The summed E-state index contributed by atoms with van der Waals surface area (Å²) in [5.74, 6) is 0.346.